The second kappa shape index (κ2) is 8.38. The van der Waals surface area contributed by atoms with Gasteiger partial charge in [0.1, 0.15) is 0 Å². The molecular weight excluding hydrogens is 524 g/mol. The van der Waals surface area contributed by atoms with Crippen LogP contribution in [0.3, 0.4) is 0 Å². The minimum Gasteiger partial charge on any atom is -0.502 e. The van der Waals surface area contributed by atoms with Crippen LogP contribution in [0.2, 0.25) is 0 Å². The Kier molecular flexibility index (Phi) is 5.26. The molecule has 0 radical (unpaired) electrons. The quantitative estimate of drug-likeness (QED) is 0.470. The molecule has 3 fully saturated rings. The molecule has 7 rings (SSSR count). The Bertz CT molecular complexity index is 1520. The van der Waals surface area contributed by atoms with E-state index < -0.39 is 0 Å². The number of aromatic nitrogens is 1. The highest BCUT2D eigenvalue weighted by Gasteiger charge is 2.69. The van der Waals surface area contributed by atoms with Gasteiger partial charge in [-0.3, -0.25) is 19.3 Å². The Morgan fingerprint density at radius 2 is 1.61 bits per heavy atom. The standard InChI is InChI=1S/C28H26N2O6S2/c1-11-4-6-13(7-5-11)30-26(32)20-14-10-15(21(20)27(30)33)23-19(14)18(24-25(37-23)29-28(34)38-24)12-8-16(35-2)22(31)17(9-12)36-3/h4-9,14-15,18-21,23,31H,10H2,1-3H3,(H,29,34)/t14-,15-,18?,19?,20?,21?,23?/m1/s1. The average Bonchev–Trinajstić information content (AvgIpc) is 3.64. The number of carbonyl (C=O) groups is 2. The molecule has 196 valence electrons. The number of fused-ring (bicyclic) bond motifs is 9. The van der Waals surface area contributed by atoms with Crippen LogP contribution in [0.4, 0.5) is 5.69 Å². The molecule has 7 atom stereocenters. The molecule has 4 aliphatic rings. The number of aromatic hydroxyl groups is 1. The lowest BCUT2D eigenvalue weighted by Crippen LogP contribution is -2.42. The summed E-state index contributed by atoms with van der Waals surface area (Å²) in [7, 11) is 2.98. The van der Waals surface area contributed by atoms with Crippen molar-refractivity contribution < 1.29 is 24.2 Å². The molecular formula is C28H26N2O6S2. The van der Waals surface area contributed by atoms with Crippen LogP contribution in [0.25, 0.3) is 0 Å². The molecule has 38 heavy (non-hydrogen) atoms. The van der Waals surface area contributed by atoms with Crippen LogP contribution in [0.1, 0.15) is 28.3 Å². The van der Waals surface area contributed by atoms with Gasteiger partial charge in [0.15, 0.2) is 11.5 Å². The highest BCUT2D eigenvalue weighted by atomic mass is 32.2. The van der Waals surface area contributed by atoms with E-state index in [1.807, 2.05) is 31.2 Å². The van der Waals surface area contributed by atoms with E-state index in [-0.39, 0.29) is 74.7 Å². The molecule has 2 amide bonds. The van der Waals surface area contributed by atoms with Gasteiger partial charge in [0.2, 0.25) is 17.6 Å². The van der Waals surface area contributed by atoms with Crippen LogP contribution in [0.15, 0.2) is 46.2 Å². The Hall–Kier alpha value is -3.24. The highest BCUT2D eigenvalue weighted by Crippen LogP contribution is 2.69. The molecule has 2 N–H and O–H groups in total. The van der Waals surface area contributed by atoms with Crippen LogP contribution in [-0.4, -0.2) is 41.4 Å². The number of anilines is 1. The number of aryl methyl sites for hydroxylation is 1. The van der Waals surface area contributed by atoms with E-state index in [2.05, 4.69) is 4.98 Å². The Labute approximate surface area is 227 Å². The minimum atomic E-state index is -0.378. The third-order valence-corrected chi connectivity index (χ3v) is 11.5. The number of thiazole rings is 1. The van der Waals surface area contributed by atoms with Crippen LogP contribution in [0, 0.1) is 36.5 Å². The summed E-state index contributed by atoms with van der Waals surface area (Å²) >= 11 is 2.83. The summed E-state index contributed by atoms with van der Waals surface area (Å²) in [5.74, 6) is -0.583. The second-order valence-electron chi connectivity index (χ2n) is 10.6. The van der Waals surface area contributed by atoms with Crippen molar-refractivity contribution in [1.29, 1.82) is 0 Å². The molecule has 2 saturated carbocycles. The number of nitrogens with zero attached hydrogens (tertiary/aromatic N) is 1. The first-order valence-corrected chi connectivity index (χ1v) is 14.3. The van der Waals surface area contributed by atoms with Crippen LogP contribution in [-0.2, 0) is 9.59 Å². The Morgan fingerprint density at radius 3 is 2.24 bits per heavy atom. The van der Waals surface area contributed by atoms with Gasteiger partial charge in [-0.1, -0.05) is 29.0 Å². The molecule has 1 aromatic heterocycles. The Balaban J connectivity index is 1.34. The normalized spacial score (nSPS) is 30.8. The second-order valence-corrected chi connectivity index (χ2v) is 12.8. The zero-order valence-electron chi connectivity index (χ0n) is 21.0. The van der Waals surface area contributed by atoms with Gasteiger partial charge in [-0.05, 0) is 60.9 Å². The minimum absolute atomic E-state index is 0.00413. The molecule has 10 heteroatoms. The van der Waals surface area contributed by atoms with E-state index in [1.54, 1.807) is 23.9 Å². The van der Waals surface area contributed by atoms with Gasteiger partial charge in [-0.25, -0.2) is 0 Å². The van der Waals surface area contributed by atoms with Crippen LogP contribution in [0.5, 0.6) is 17.2 Å². The molecule has 1 saturated heterocycles. The number of ether oxygens (including phenoxy) is 2. The maximum Gasteiger partial charge on any atom is 0.305 e. The number of phenolic OH excluding ortho intramolecular Hbond substituents is 1. The fourth-order valence-corrected chi connectivity index (χ4v) is 10.3. The summed E-state index contributed by atoms with van der Waals surface area (Å²) in [6.07, 6.45) is 0.804. The first-order chi connectivity index (χ1) is 18.3. The molecule has 5 unspecified atom stereocenters. The number of nitrogens with one attached hydrogen (secondary N) is 1. The number of phenols is 1. The van der Waals surface area contributed by atoms with E-state index in [9.17, 15) is 19.5 Å². The van der Waals surface area contributed by atoms with Gasteiger partial charge in [-0.2, -0.15) is 0 Å². The van der Waals surface area contributed by atoms with Crippen LogP contribution < -0.4 is 19.2 Å². The number of methoxy groups -OCH3 is 2. The van der Waals surface area contributed by atoms with Crippen LogP contribution >= 0.6 is 23.1 Å². The molecule has 3 aromatic rings. The summed E-state index contributed by atoms with van der Waals surface area (Å²) < 4.78 is 10.9. The van der Waals surface area contributed by atoms with Crippen molar-refractivity contribution >= 4 is 40.6 Å². The topological polar surface area (TPSA) is 109 Å². The summed E-state index contributed by atoms with van der Waals surface area (Å²) in [6.45, 7) is 1.98. The van der Waals surface area contributed by atoms with Crippen molar-refractivity contribution in [1.82, 2.24) is 4.98 Å². The van der Waals surface area contributed by atoms with Gasteiger partial charge in [0, 0.05) is 16.0 Å². The van der Waals surface area contributed by atoms with E-state index in [0.29, 0.717) is 5.69 Å². The SMILES string of the molecule is COc1cc(C2c3sc(=O)[nH]c3SC3C2[C@H]2C[C@@H]3C3C(=O)N(c4ccc(C)cc4)C(=O)C32)cc(OC)c1O. The Morgan fingerprint density at radius 1 is 0.974 bits per heavy atom. The molecule has 0 spiro atoms. The molecule has 2 bridgehead atoms. The van der Waals surface area contributed by atoms with E-state index in [1.165, 1.54) is 30.5 Å². The first kappa shape index (κ1) is 23.8. The third-order valence-electron chi connectivity index (χ3n) is 8.88. The smallest absolute Gasteiger partial charge is 0.305 e. The zero-order valence-corrected chi connectivity index (χ0v) is 22.6. The number of amides is 2. The summed E-state index contributed by atoms with van der Waals surface area (Å²) in [5.41, 5.74) is 2.56. The van der Waals surface area contributed by atoms with Gasteiger partial charge in [0.05, 0.1) is 36.8 Å². The van der Waals surface area contributed by atoms with E-state index in [0.717, 1.165) is 27.5 Å². The fraction of sp³-hybridized carbons (Fsp3) is 0.393. The molecule has 8 nitrogen and oxygen atoms in total. The predicted molar refractivity (Wildman–Crippen MR) is 143 cm³/mol. The zero-order chi connectivity index (χ0) is 26.5. The van der Waals surface area contributed by atoms with Crippen molar-refractivity contribution in [3.8, 4) is 17.2 Å². The summed E-state index contributed by atoms with van der Waals surface area (Å²) in [4.78, 5) is 45.3. The third kappa shape index (κ3) is 3.13. The summed E-state index contributed by atoms with van der Waals surface area (Å²) in [6, 6.07) is 11.1. The maximum absolute atomic E-state index is 13.9. The number of thioether (sulfide) groups is 1. The van der Waals surface area contributed by atoms with Gasteiger partial charge < -0.3 is 19.6 Å². The van der Waals surface area contributed by atoms with E-state index in [4.69, 9.17) is 9.47 Å². The van der Waals surface area contributed by atoms with E-state index >= 15 is 0 Å². The van der Waals surface area contributed by atoms with Crippen molar-refractivity contribution in [3.05, 3.63) is 62.1 Å². The van der Waals surface area contributed by atoms with Crippen molar-refractivity contribution in [2.75, 3.05) is 19.1 Å². The first-order valence-electron chi connectivity index (χ1n) is 12.6. The number of hydrogen-bond donors (Lipinski definition) is 2. The number of rotatable bonds is 4. The molecule has 2 aromatic carbocycles. The maximum atomic E-state index is 13.9. The largest absolute Gasteiger partial charge is 0.502 e. The fourth-order valence-electron chi connectivity index (χ4n) is 7.43. The average molecular weight is 551 g/mol. The highest BCUT2D eigenvalue weighted by molar-refractivity contribution is 8.00. The lowest BCUT2D eigenvalue weighted by molar-refractivity contribution is -0.123. The molecule has 2 aliphatic carbocycles. The molecule has 3 heterocycles. The number of H-pyrrole nitrogens is 1. The lowest BCUT2D eigenvalue weighted by atomic mass is 9.68. The number of benzene rings is 2. The predicted octanol–water partition coefficient (Wildman–Crippen LogP) is 4.15. The number of aromatic amines is 1. The number of hydrogen-bond acceptors (Lipinski definition) is 8. The van der Waals surface area contributed by atoms with Crippen molar-refractivity contribution in [2.45, 2.75) is 29.5 Å². The molecule has 2 aliphatic heterocycles. The van der Waals surface area contributed by atoms with Gasteiger partial charge in [-0.15, -0.1) is 11.8 Å². The van der Waals surface area contributed by atoms with Crippen molar-refractivity contribution in [3.63, 3.8) is 0 Å². The van der Waals surface area contributed by atoms with Gasteiger partial charge in [0.25, 0.3) is 0 Å². The van der Waals surface area contributed by atoms with Gasteiger partial charge >= 0.3 is 4.87 Å². The number of imide groups is 1. The lowest BCUT2D eigenvalue weighted by Gasteiger charge is -2.43. The number of carbonyl (C=O) groups excluding carboxylic acids is 2. The van der Waals surface area contributed by atoms with Crippen molar-refractivity contribution in [2.24, 2.45) is 29.6 Å². The summed E-state index contributed by atoms with van der Waals surface area (Å²) in [5, 5.41) is 11.5. The monoisotopic (exact) mass is 550 g/mol.